The van der Waals surface area contributed by atoms with E-state index >= 15 is 0 Å². The summed E-state index contributed by atoms with van der Waals surface area (Å²) in [5, 5.41) is 15.0. The molecule has 1 heterocycles. The molecular formula is C20H22N4O5. The van der Waals surface area contributed by atoms with Gasteiger partial charge in [0, 0.05) is 24.8 Å². The van der Waals surface area contributed by atoms with Crippen LogP contribution in [-0.2, 0) is 9.53 Å². The summed E-state index contributed by atoms with van der Waals surface area (Å²) < 4.78 is 10.6. The van der Waals surface area contributed by atoms with Crippen molar-refractivity contribution < 1.29 is 19.2 Å². The molecule has 9 nitrogen and oxygen atoms in total. The third-order valence-electron chi connectivity index (χ3n) is 4.43. The molecule has 0 bridgehead atoms. The summed E-state index contributed by atoms with van der Waals surface area (Å²) in [7, 11) is 0. The van der Waals surface area contributed by atoms with E-state index in [1.165, 1.54) is 18.2 Å². The number of nitro groups is 1. The first-order valence-electron chi connectivity index (χ1n) is 9.17. The van der Waals surface area contributed by atoms with E-state index < -0.39 is 10.8 Å². The number of nitrogens with one attached hydrogen (secondary N) is 1. The molecule has 3 rings (SSSR count). The minimum atomic E-state index is -0.559. The van der Waals surface area contributed by atoms with Gasteiger partial charge in [-0.1, -0.05) is 24.3 Å². The van der Waals surface area contributed by atoms with Gasteiger partial charge in [-0.05, 0) is 30.7 Å². The number of carbonyl (C=O) groups is 1. The molecule has 9 heteroatoms. The average molecular weight is 398 g/mol. The van der Waals surface area contributed by atoms with Crippen LogP contribution in [0.2, 0.25) is 0 Å². The Labute approximate surface area is 168 Å². The van der Waals surface area contributed by atoms with Crippen LogP contribution in [0.25, 0.3) is 0 Å². The molecular weight excluding hydrogens is 376 g/mol. The molecule has 2 aromatic rings. The summed E-state index contributed by atoms with van der Waals surface area (Å²) in [5.74, 6) is -0.473. The van der Waals surface area contributed by atoms with E-state index in [0.29, 0.717) is 5.71 Å². The van der Waals surface area contributed by atoms with Gasteiger partial charge >= 0.3 is 5.69 Å². The minimum absolute atomic E-state index is 0.0343. The lowest BCUT2D eigenvalue weighted by atomic mass is 10.1. The Kier molecular flexibility index (Phi) is 6.75. The summed E-state index contributed by atoms with van der Waals surface area (Å²) in [5.41, 5.74) is 4.84. The van der Waals surface area contributed by atoms with E-state index in [0.717, 1.165) is 37.6 Å². The van der Waals surface area contributed by atoms with Gasteiger partial charge in [0.15, 0.2) is 12.4 Å². The highest BCUT2D eigenvalue weighted by Crippen LogP contribution is 2.25. The Balaban J connectivity index is 1.54. The van der Waals surface area contributed by atoms with Crippen LogP contribution in [0.1, 0.15) is 12.5 Å². The molecule has 0 unspecified atom stereocenters. The fourth-order valence-corrected chi connectivity index (χ4v) is 2.85. The number of hydrogen-bond acceptors (Lipinski definition) is 7. The number of nitro benzene ring substituents is 1. The molecule has 0 aliphatic carbocycles. The molecule has 1 N–H and O–H groups in total. The number of morpholine rings is 1. The van der Waals surface area contributed by atoms with Crippen LogP contribution in [-0.4, -0.2) is 49.5 Å². The number of anilines is 1. The highest BCUT2D eigenvalue weighted by molar-refractivity contribution is 5.99. The quantitative estimate of drug-likeness (QED) is 0.436. The fraction of sp³-hybridized carbons (Fsp3) is 0.300. The maximum Gasteiger partial charge on any atom is 0.310 e. The van der Waals surface area contributed by atoms with Crippen molar-refractivity contribution in [3.63, 3.8) is 0 Å². The number of hydrogen-bond donors (Lipinski definition) is 1. The highest BCUT2D eigenvalue weighted by atomic mass is 16.6. The van der Waals surface area contributed by atoms with Crippen molar-refractivity contribution in [2.45, 2.75) is 6.92 Å². The Morgan fingerprint density at radius 2 is 1.90 bits per heavy atom. The number of ether oxygens (including phenoxy) is 2. The molecule has 1 saturated heterocycles. The smallest absolute Gasteiger partial charge is 0.310 e. The zero-order valence-corrected chi connectivity index (χ0v) is 16.0. The van der Waals surface area contributed by atoms with Crippen molar-refractivity contribution in [1.29, 1.82) is 0 Å². The summed E-state index contributed by atoms with van der Waals surface area (Å²) in [6.07, 6.45) is 0. The zero-order valence-electron chi connectivity index (χ0n) is 16.0. The fourth-order valence-electron chi connectivity index (χ4n) is 2.85. The SMILES string of the molecule is C/C(=N/NC(=O)COc1ccccc1[N+](=O)[O-])c1ccc(N2CCOCC2)cc1. The number of rotatable bonds is 7. The van der Waals surface area contributed by atoms with Crippen LogP contribution >= 0.6 is 0 Å². The average Bonchev–Trinajstić information content (AvgIpc) is 2.77. The zero-order chi connectivity index (χ0) is 20.6. The van der Waals surface area contributed by atoms with Crippen LogP contribution in [0.5, 0.6) is 5.75 Å². The molecule has 29 heavy (non-hydrogen) atoms. The number of hydrazone groups is 1. The van der Waals surface area contributed by atoms with Gasteiger partial charge in [0.05, 0.1) is 23.8 Å². The van der Waals surface area contributed by atoms with Crippen molar-refractivity contribution >= 4 is 23.0 Å². The van der Waals surface area contributed by atoms with E-state index in [1.54, 1.807) is 13.0 Å². The molecule has 1 aliphatic rings. The van der Waals surface area contributed by atoms with E-state index in [1.807, 2.05) is 24.3 Å². The predicted molar refractivity (Wildman–Crippen MR) is 108 cm³/mol. The first-order valence-corrected chi connectivity index (χ1v) is 9.17. The van der Waals surface area contributed by atoms with Gasteiger partial charge in [-0.3, -0.25) is 14.9 Å². The Hall–Kier alpha value is -3.46. The molecule has 152 valence electrons. The van der Waals surface area contributed by atoms with Gasteiger partial charge in [-0.2, -0.15) is 5.10 Å². The third-order valence-corrected chi connectivity index (χ3v) is 4.43. The highest BCUT2D eigenvalue weighted by Gasteiger charge is 2.15. The second-order valence-corrected chi connectivity index (χ2v) is 6.39. The molecule has 0 spiro atoms. The first kappa shape index (κ1) is 20.3. The van der Waals surface area contributed by atoms with Crippen LogP contribution in [0, 0.1) is 10.1 Å². The summed E-state index contributed by atoms with van der Waals surface area (Å²) in [6.45, 7) is 4.58. The predicted octanol–water partition coefficient (Wildman–Crippen LogP) is 2.35. The van der Waals surface area contributed by atoms with Crippen LogP contribution in [0.15, 0.2) is 53.6 Å². The van der Waals surface area contributed by atoms with E-state index in [-0.39, 0.29) is 18.0 Å². The second kappa shape index (κ2) is 9.65. The maximum atomic E-state index is 12.0. The Bertz CT molecular complexity index is 892. The van der Waals surface area contributed by atoms with Gasteiger partial charge in [-0.25, -0.2) is 5.43 Å². The van der Waals surface area contributed by atoms with E-state index in [9.17, 15) is 14.9 Å². The molecule has 0 radical (unpaired) electrons. The van der Waals surface area contributed by atoms with Gasteiger partial charge in [0.25, 0.3) is 5.91 Å². The van der Waals surface area contributed by atoms with Crippen molar-refractivity contribution in [3.8, 4) is 5.75 Å². The standard InChI is InChI=1S/C20H22N4O5/c1-15(16-6-8-17(9-7-16)23-10-12-28-13-11-23)21-22-20(25)14-29-19-5-3-2-4-18(19)24(26)27/h2-9H,10-14H2,1H3,(H,22,25)/b21-15-. The normalized spacial score (nSPS) is 14.4. The molecule has 1 aliphatic heterocycles. The van der Waals surface area contributed by atoms with Gasteiger partial charge in [0.1, 0.15) is 0 Å². The van der Waals surface area contributed by atoms with E-state index in [2.05, 4.69) is 15.4 Å². The van der Waals surface area contributed by atoms with Crippen molar-refractivity contribution in [3.05, 3.63) is 64.2 Å². The van der Waals surface area contributed by atoms with Gasteiger partial charge < -0.3 is 14.4 Å². The lowest BCUT2D eigenvalue weighted by Crippen LogP contribution is -2.36. The molecule has 0 atom stereocenters. The topological polar surface area (TPSA) is 106 Å². The lowest BCUT2D eigenvalue weighted by molar-refractivity contribution is -0.385. The van der Waals surface area contributed by atoms with Crippen molar-refractivity contribution in [1.82, 2.24) is 5.43 Å². The number of carbonyl (C=O) groups excluding carboxylic acids is 1. The number of nitrogens with zero attached hydrogens (tertiary/aromatic N) is 3. The summed E-state index contributed by atoms with van der Waals surface area (Å²) >= 11 is 0. The Morgan fingerprint density at radius 3 is 2.59 bits per heavy atom. The summed E-state index contributed by atoms with van der Waals surface area (Å²) in [4.78, 5) is 24.6. The van der Waals surface area contributed by atoms with Crippen molar-refractivity contribution in [2.75, 3.05) is 37.8 Å². The lowest BCUT2D eigenvalue weighted by Gasteiger charge is -2.28. The maximum absolute atomic E-state index is 12.0. The Morgan fingerprint density at radius 1 is 1.21 bits per heavy atom. The van der Waals surface area contributed by atoms with Gasteiger partial charge in [-0.15, -0.1) is 0 Å². The second-order valence-electron chi connectivity index (χ2n) is 6.39. The van der Waals surface area contributed by atoms with Crippen molar-refractivity contribution in [2.24, 2.45) is 5.10 Å². The van der Waals surface area contributed by atoms with Crippen LogP contribution in [0.4, 0.5) is 11.4 Å². The first-order chi connectivity index (χ1) is 14.0. The monoisotopic (exact) mass is 398 g/mol. The minimum Gasteiger partial charge on any atom is -0.477 e. The number of para-hydroxylation sites is 2. The molecule has 1 amide bonds. The van der Waals surface area contributed by atoms with Crippen LogP contribution < -0.4 is 15.1 Å². The van der Waals surface area contributed by atoms with Crippen LogP contribution in [0.3, 0.4) is 0 Å². The summed E-state index contributed by atoms with van der Waals surface area (Å²) in [6, 6.07) is 13.8. The molecule has 0 saturated carbocycles. The van der Waals surface area contributed by atoms with E-state index in [4.69, 9.17) is 9.47 Å². The third kappa shape index (κ3) is 5.52. The number of benzene rings is 2. The molecule has 0 aromatic heterocycles. The number of amides is 1. The van der Waals surface area contributed by atoms with Gasteiger partial charge in [0.2, 0.25) is 0 Å². The molecule has 2 aromatic carbocycles. The largest absolute Gasteiger partial charge is 0.477 e. The molecule has 1 fully saturated rings.